The van der Waals surface area contributed by atoms with Gasteiger partial charge in [0.1, 0.15) is 40.9 Å². The Labute approximate surface area is 298 Å². The fourth-order valence-electron chi connectivity index (χ4n) is 4.86. The molecule has 1 aliphatic heterocycles. The number of aromatic nitrogens is 4. The first kappa shape index (κ1) is 42.1. The summed E-state index contributed by atoms with van der Waals surface area (Å²) in [6.45, 7) is 4.47. The molecular weight excluding hydrogens is 700 g/mol. The average Bonchev–Trinajstić information content (AvgIpc) is 3.85. The number of rotatable bonds is 12. The molecule has 0 spiro atoms. The Morgan fingerprint density at radius 3 is 1.71 bits per heavy atom. The zero-order valence-electron chi connectivity index (χ0n) is 28.7. The highest BCUT2D eigenvalue weighted by Crippen LogP contribution is 2.27. The summed E-state index contributed by atoms with van der Waals surface area (Å²) >= 11 is 0. The molecule has 2 aromatic heterocycles. The Hall–Kier alpha value is -5.02. The summed E-state index contributed by atoms with van der Waals surface area (Å²) in [6.07, 6.45) is 6.03. The Morgan fingerprint density at radius 2 is 1.29 bits per heavy atom. The number of methoxy groups -OCH3 is 3. The van der Waals surface area contributed by atoms with Gasteiger partial charge in [0, 0.05) is 44.6 Å². The summed E-state index contributed by atoms with van der Waals surface area (Å²) in [5, 5.41) is 8.20. The molecule has 276 valence electrons. The molecule has 0 N–H and O–H groups in total. The Morgan fingerprint density at radius 1 is 0.804 bits per heavy atom. The Balaban J connectivity index is 0.000000305. The number of nitrogens with zero attached hydrogens (tertiary/aromatic N) is 4. The SMILES string of the molecule is C1CCOC1.COC=Cc1c(C(C)=O)nn(Cc2cc(F)ccc2F)c1OC.COc1c(CC=O)c(C(C)=O)nn1Cc1cc(F)ccc1F.Cl. The molecule has 5 rings (SSSR count). The van der Waals surface area contributed by atoms with Crippen molar-refractivity contribution in [3.05, 3.63) is 99.6 Å². The van der Waals surface area contributed by atoms with Gasteiger partial charge in [-0.2, -0.15) is 10.2 Å². The third kappa shape index (κ3) is 11.5. The highest BCUT2D eigenvalue weighted by Gasteiger charge is 2.23. The molecule has 51 heavy (non-hydrogen) atoms. The largest absolute Gasteiger partial charge is 0.504 e. The van der Waals surface area contributed by atoms with Crippen LogP contribution in [0.3, 0.4) is 0 Å². The molecule has 4 aromatic rings. The number of carbonyl (C=O) groups is 3. The molecule has 11 nitrogen and oxygen atoms in total. The third-order valence-electron chi connectivity index (χ3n) is 7.13. The van der Waals surface area contributed by atoms with Gasteiger partial charge in [0.15, 0.2) is 11.6 Å². The summed E-state index contributed by atoms with van der Waals surface area (Å²) < 4.78 is 76.9. The molecule has 0 atom stereocenters. The van der Waals surface area contributed by atoms with Gasteiger partial charge in [-0.05, 0) is 55.3 Å². The molecule has 1 fully saturated rings. The molecular formula is C35H39ClF4N4O7. The van der Waals surface area contributed by atoms with Gasteiger partial charge in [0.05, 0.1) is 51.8 Å². The van der Waals surface area contributed by atoms with Crippen LogP contribution in [0.4, 0.5) is 17.6 Å². The molecule has 0 bridgehead atoms. The van der Waals surface area contributed by atoms with Gasteiger partial charge in [0.2, 0.25) is 11.8 Å². The predicted molar refractivity (Wildman–Crippen MR) is 182 cm³/mol. The van der Waals surface area contributed by atoms with E-state index in [-0.39, 0.29) is 77.8 Å². The fraction of sp³-hybridized carbons (Fsp3) is 0.343. The monoisotopic (exact) mass is 738 g/mol. The minimum absolute atomic E-state index is 0. The summed E-state index contributed by atoms with van der Waals surface area (Å²) in [4.78, 5) is 34.1. The van der Waals surface area contributed by atoms with Crippen LogP contribution in [-0.4, -0.2) is 72.0 Å². The summed E-state index contributed by atoms with van der Waals surface area (Å²) in [5.41, 5.74) is 1.16. The predicted octanol–water partition coefficient (Wildman–Crippen LogP) is 6.42. The van der Waals surface area contributed by atoms with E-state index in [1.807, 2.05) is 0 Å². The smallest absolute Gasteiger partial charge is 0.220 e. The maximum absolute atomic E-state index is 13.8. The van der Waals surface area contributed by atoms with Crippen molar-refractivity contribution in [3.63, 3.8) is 0 Å². The zero-order valence-corrected chi connectivity index (χ0v) is 29.5. The molecule has 16 heteroatoms. The molecule has 1 saturated heterocycles. The van der Waals surface area contributed by atoms with Gasteiger partial charge in [0.25, 0.3) is 0 Å². The minimum Gasteiger partial charge on any atom is -0.504 e. The molecule has 3 heterocycles. The zero-order chi connectivity index (χ0) is 36.8. The Bertz CT molecular complexity index is 1820. The van der Waals surface area contributed by atoms with Crippen LogP contribution in [0.2, 0.25) is 0 Å². The van der Waals surface area contributed by atoms with Gasteiger partial charge in [-0.25, -0.2) is 26.9 Å². The number of carbonyl (C=O) groups excluding carboxylic acids is 3. The molecule has 0 saturated carbocycles. The van der Waals surface area contributed by atoms with E-state index in [0.29, 0.717) is 17.4 Å². The van der Waals surface area contributed by atoms with E-state index in [1.54, 1.807) is 0 Å². The molecule has 1 aliphatic rings. The van der Waals surface area contributed by atoms with E-state index >= 15 is 0 Å². The van der Waals surface area contributed by atoms with Crippen LogP contribution in [0.1, 0.15) is 69.9 Å². The minimum atomic E-state index is -0.597. The number of hydrogen-bond acceptors (Lipinski definition) is 9. The van der Waals surface area contributed by atoms with Crippen LogP contribution < -0.4 is 9.47 Å². The van der Waals surface area contributed by atoms with Crippen molar-refractivity contribution >= 4 is 36.3 Å². The van der Waals surface area contributed by atoms with Gasteiger partial charge in [-0.1, -0.05) is 0 Å². The molecule has 0 radical (unpaired) electrons. The molecule has 2 aromatic carbocycles. The van der Waals surface area contributed by atoms with E-state index < -0.39 is 23.3 Å². The van der Waals surface area contributed by atoms with E-state index in [1.165, 1.54) is 69.7 Å². The summed E-state index contributed by atoms with van der Waals surface area (Å²) in [6, 6.07) is 6.22. The van der Waals surface area contributed by atoms with E-state index in [0.717, 1.165) is 49.6 Å². The lowest BCUT2D eigenvalue weighted by atomic mass is 10.1. The van der Waals surface area contributed by atoms with Crippen molar-refractivity contribution in [1.82, 2.24) is 19.6 Å². The van der Waals surface area contributed by atoms with Gasteiger partial charge in [-0.3, -0.25) is 9.59 Å². The van der Waals surface area contributed by atoms with Crippen LogP contribution in [0.15, 0.2) is 42.7 Å². The van der Waals surface area contributed by atoms with Gasteiger partial charge < -0.3 is 23.7 Å². The fourth-order valence-corrected chi connectivity index (χ4v) is 4.86. The molecule has 0 amide bonds. The maximum atomic E-state index is 13.8. The number of aldehydes is 1. The second kappa shape index (κ2) is 20.6. The molecule has 0 aliphatic carbocycles. The van der Waals surface area contributed by atoms with Crippen LogP contribution in [0.5, 0.6) is 11.8 Å². The number of Topliss-reactive ketones (excluding diaryl/α,β-unsaturated/α-hetero) is 2. The van der Waals surface area contributed by atoms with Crippen molar-refractivity contribution in [1.29, 1.82) is 0 Å². The van der Waals surface area contributed by atoms with Crippen molar-refractivity contribution < 1.29 is 50.9 Å². The average molecular weight is 739 g/mol. The van der Waals surface area contributed by atoms with Crippen LogP contribution in [0, 0.1) is 23.3 Å². The number of ether oxygens (including phenoxy) is 4. The number of hydrogen-bond donors (Lipinski definition) is 0. The first-order valence-electron chi connectivity index (χ1n) is 15.3. The number of halogens is 5. The highest BCUT2D eigenvalue weighted by atomic mass is 35.5. The van der Waals surface area contributed by atoms with Gasteiger partial charge in [-0.15, -0.1) is 12.4 Å². The van der Waals surface area contributed by atoms with Crippen molar-refractivity contribution in [2.75, 3.05) is 34.5 Å². The first-order valence-corrected chi connectivity index (χ1v) is 15.3. The Kier molecular flexibility index (Phi) is 17.0. The van der Waals surface area contributed by atoms with Crippen molar-refractivity contribution in [3.8, 4) is 11.8 Å². The third-order valence-corrected chi connectivity index (χ3v) is 7.13. The molecule has 0 unspecified atom stereocenters. The highest BCUT2D eigenvalue weighted by molar-refractivity contribution is 5.96. The van der Waals surface area contributed by atoms with E-state index in [4.69, 9.17) is 18.9 Å². The normalized spacial score (nSPS) is 11.9. The van der Waals surface area contributed by atoms with E-state index in [9.17, 15) is 31.9 Å². The van der Waals surface area contributed by atoms with Crippen LogP contribution >= 0.6 is 12.4 Å². The van der Waals surface area contributed by atoms with Crippen molar-refractivity contribution in [2.45, 2.75) is 46.2 Å². The second-order valence-corrected chi connectivity index (χ2v) is 10.7. The lowest BCUT2D eigenvalue weighted by molar-refractivity contribution is -0.107. The topological polar surface area (TPSA) is 124 Å². The lowest BCUT2D eigenvalue weighted by Crippen LogP contribution is -2.07. The van der Waals surface area contributed by atoms with E-state index in [2.05, 4.69) is 10.2 Å². The first-order chi connectivity index (χ1) is 23.9. The maximum Gasteiger partial charge on any atom is 0.220 e. The summed E-state index contributed by atoms with van der Waals surface area (Å²) in [7, 11) is 4.22. The van der Waals surface area contributed by atoms with Crippen LogP contribution in [-0.2, 0) is 33.8 Å². The number of ketones is 2. The van der Waals surface area contributed by atoms with Crippen LogP contribution in [0.25, 0.3) is 6.08 Å². The quantitative estimate of drug-likeness (QED) is 0.0701. The lowest BCUT2D eigenvalue weighted by Gasteiger charge is -2.08. The standard InChI is InChI=1S/C16H16F2N2O3.C15H14F2N2O3.C4H8O.ClH/c1-10(21)15-13(6-7-22-2)16(23-3)20(19-15)9-11-8-12(17)4-5-14(11)18;1-9(21)14-12(5-6-20)15(22-2)19(18-14)8-10-7-11(16)3-4-13(10)17;1-2-4-5-3-1;/h4-8H,9H2,1-3H3;3-4,6-7H,5,8H2,1-2H3;1-4H2;1H. The van der Waals surface area contributed by atoms with Crippen molar-refractivity contribution in [2.24, 2.45) is 0 Å². The second-order valence-electron chi connectivity index (χ2n) is 10.7. The summed E-state index contributed by atoms with van der Waals surface area (Å²) in [5.74, 6) is -2.48. The number of benzene rings is 2. The van der Waals surface area contributed by atoms with Gasteiger partial charge >= 0.3 is 0 Å².